The Kier molecular flexibility index (Phi) is 4.25. The van der Waals surface area contributed by atoms with Crippen LogP contribution in [0.1, 0.15) is 18.4 Å². The number of aldehydes is 1. The van der Waals surface area contributed by atoms with E-state index < -0.39 is 0 Å². The predicted molar refractivity (Wildman–Crippen MR) is 75.6 cm³/mol. The van der Waals surface area contributed by atoms with E-state index in [1.54, 1.807) is 0 Å². The summed E-state index contributed by atoms with van der Waals surface area (Å²) < 4.78 is 0. The van der Waals surface area contributed by atoms with Gasteiger partial charge in [0, 0.05) is 42.8 Å². The number of hydrogen-bond acceptors (Lipinski definition) is 3. The third kappa shape index (κ3) is 2.85. The van der Waals surface area contributed by atoms with Crippen LogP contribution in [-0.4, -0.2) is 44.4 Å². The normalized spacial score (nSPS) is 18.7. The second kappa shape index (κ2) is 5.72. The highest BCUT2D eigenvalue weighted by molar-refractivity contribution is 6.31. The minimum Gasteiger partial charge on any atom is -0.369 e. The largest absolute Gasteiger partial charge is 0.369 e. The molecule has 1 heterocycles. The van der Waals surface area contributed by atoms with Gasteiger partial charge in [0.2, 0.25) is 0 Å². The average Bonchev–Trinajstić information content (AvgIpc) is 2.39. The molecule has 0 aliphatic carbocycles. The highest BCUT2D eigenvalue weighted by Gasteiger charge is 2.16. The van der Waals surface area contributed by atoms with E-state index in [4.69, 9.17) is 11.6 Å². The molecule has 1 aromatic carbocycles. The molecule has 1 saturated heterocycles. The Labute approximate surface area is 113 Å². The van der Waals surface area contributed by atoms with Crippen molar-refractivity contribution in [2.24, 2.45) is 0 Å². The number of benzene rings is 1. The number of carbonyl (C=O) groups excluding carboxylic acids is 1. The molecule has 0 spiro atoms. The maximum absolute atomic E-state index is 10.9. The maximum Gasteiger partial charge on any atom is 0.127 e. The van der Waals surface area contributed by atoms with Crippen LogP contribution in [0.5, 0.6) is 0 Å². The van der Waals surface area contributed by atoms with Crippen LogP contribution in [0.25, 0.3) is 0 Å². The lowest BCUT2D eigenvalue weighted by Crippen LogP contribution is -2.44. The molecule has 0 aromatic heterocycles. The van der Waals surface area contributed by atoms with Crippen molar-refractivity contribution in [2.45, 2.75) is 12.8 Å². The highest BCUT2D eigenvalue weighted by Crippen LogP contribution is 2.28. The van der Waals surface area contributed by atoms with Gasteiger partial charge in [-0.15, -0.1) is 0 Å². The van der Waals surface area contributed by atoms with Gasteiger partial charge in [0.05, 0.1) is 0 Å². The summed E-state index contributed by atoms with van der Waals surface area (Å²) in [5.74, 6) is -0.148. The van der Waals surface area contributed by atoms with Crippen LogP contribution >= 0.6 is 11.6 Å². The molecule has 1 fully saturated rings. The van der Waals surface area contributed by atoms with E-state index in [9.17, 15) is 4.79 Å². The summed E-state index contributed by atoms with van der Waals surface area (Å²) in [6.45, 7) is 6.06. The Balaban J connectivity index is 2.21. The summed E-state index contributed by atoms with van der Waals surface area (Å²) >= 11 is 6.15. The molecule has 0 bridgehead atoms. The van der Waals surface area contributed by atoms with Crippen molar-refractivity contribution in [1.29, 1.82) is 0 Å². The number of nitrogens with zero attached hydrogens (tertiary/aromatic N) is 2. The molecule has 18 heavy (non-hydrogen) atoms. The van der Waals surface area contributed by atoms with Gasteiger partial charge in [0.25, 0.3) is 0 Å². The second-order valence-electron chi connectivity index (χ2n) is 4.92. The van der Waals surface area contributed by atoms with Gasteiger partial charge in [-0.05, 0) is 30.8 Å². The molecule has 1 aromatic rings. The highest BCUT2D eigenvalue weighted by atomic mass is 35.5. The Bertz CT molecular complexity index is 428. The fraction of sp³-hybridized carbons (Fsp3) is 0.500. The number of halogens is 1. The molecule has 0 amide bonds. The smallest absolute Gasteiger partial charge is 0.127 e. The van der Waals surface area contributed by atoms with Gasteiger partial charge in [0.15, 0.2) is 0 Å². The Morgan fingerprint density at radius 1 is 1.28 bits per heavy atom. The van der Waals surface area contributed by atoms with Crippen LogP contribution in [0.15, 0.2) is 18.2 Å². The van der Waals surface area contributed by atoms with Crippen molar-refractivity contribution < 1.29 is 4.79 Å². The maximum atomic E-state index is 10.9. The van der Waals surface area contributed by atoms with Gasteiger partial charge in [-0.25, -0.2) is 0 Å². The lowest BCUT2D eigenvalue weighted by molar-refractivity contribution is -0.108. The van der Waals surface area contributed by atoms with Gasteiger partial charge in [-0.3, -0.25) is 0 Å². The topological polar surface area (TPSA) is 23.6 Å². The third-order valence-electron chi connectivity index (χ3n) is 3.54. The average molecular weight is 267 g/mol. The number of hydrogen-bond donors (Lipinski definition) is 0. The van der Waals surface area contributed by atoms with Crippen LogP contribution in [0.4, 0.5) is 5.69 Å². The van der Waals surface area contributed by atoms with E-state index in [1.165, 1.54) is 0 Å². The molecule has 0 radical (unpaired) electrons. The monoisotopic (exact) mass is 266 g/mol. The van der Waals surface area contributed by atoms with Crippen molar-refractivity contribution in [2.75, 3.05) is 38.1 Å². The summed E-state index contributed by atoms with van der Waals surface area (Å²) in [5.41, 5.74) is 2.08. The number of rotatable bonds is 3. The van der Waals surface area contributed by atoms with Crippen LogP contribution in [-0.2, 0) is 4.79 Å². The van der Waals surface area contributed by atoms with Crippen molar-refractivity contribution in [3.8, 4) is 0 Å². The Hall–Kier alpha value is -1.06. The first-order valence-corrected chi connectivity index (χ1v) is 6.68. The zero-order chi connectivity index (χ0) is 13.1. The van der Waals surface area contributed by atoms with Crippen LogP contribution in [0.3, 0.4) is 0 Å². The van der Waals surface area contributed by atoms with Crippen molar-refractivity contribution in [3.63, 3.8) is 0 Å². The molecule has 3 nitrogen and oxygen atoms in total. The van der Waals surface area contributed by atoms with Gasteiger partial charge < -0.3 is 14.6 Å². The lowest BCUT2D eigenvalue weighted by atomic mass is 10.0. The minimum atomic E-state index is -0.148. The summed E-state index contributed by atoms with van der Waals surface area (Å²) in [6.07, 6.45) is 0.939. The lowest BCUT2D eigenvalue weighted by Gasteiger charge is -2.34. The Morgan fingerprint density at radius 3 is 2.56 bits per heavy atom. The summed E-state index contributed by atoms with van der Waals surface area (Å²) in [4.78, 5) is 15.6. The van der Waals surface area contributed by atoms with E-state index in [2.05, 4.69) is 16.8 Å². The number of anilines is 1. The summed E-state index contributed by atoms with van der Waals surface area (Å²) in [6, 6.07) is 5.98. The van der Waals surface area contributed by atoms with E-state index in [0.29, 0.717) is 5.02 Å². The molecular formula is C14H19ClN2O. The van der Waals surface area contributed by atoms with Gasteiger partial charge in [0.1, 0.15) is 6.29 Å². The molecule has 1 atom stereocenters. The standard InChI is InChI=1S/C14H19ClN2O/c1-11(10-18)13-9-12(3-4-14(13)15)17-7-5-16(2)6-8-17/h3-4,9-11H,5-8H2,1-2H3. The first-order chi connectivity index (χ1) is 8.61. The number of carbonyl (C=O) groups is 1. The zero-order valence-electron chi connectivity index (χ0n) is 10.9. The van der Waals surface area contributed by atoms with Crippen molar-refractivity contribution in [3.05, 3.63) is 28.8 Å². The molecule has 4 heteroatoms. The molecule has 1 aliphatic rings. The SMILES string of the molecule is CC(C=O)c1cc(N2CCN(C)CC2)ccc1Cl. The molecule has 98 valence electrons. The fourth-order valence-electron chi connectivity index (χ4n) is 2.21. The molecular weight excluding hydrogens is 248 g/mol. The molecule has 1 unspecified atom stereocenters. The van der Waals surface area contributed by atoms with E-state index >= 15 is 0 Å². The zero-order valence-corrected chi connectivity index (χ0v) is 11.7. The number of piperazine rings is 1. The Morgan fingerprint density at radius 2 is 1.94 bits per heavy atom. The van der Waals surface area contributed by atoms with Crippen LogP contribution in [0.2, 0.25) is 5.02 Å². The molecule has 2 rings (SSSR count). The fourth-order valence-corrected chi connectivity index (χ4v) is 2.50. The van der Waals surface area contributed by atoms with E-state index in [0.717, 1.165) is 43.7 Å². The minimum absolute atomic E-state index is 0.148. The predicted octanol–water partition coefficient (Wildman–Crippen LogP) is 2.39. The van der Waals surface area contributed by atoms with E-state index in [1.807, 2.05) is 25.1 Å². The molecule has 1 aliphatic heterocycles. The van der Waals surface area contributed by atoms with Crippen LogP contribution < -0.4 is 4.90 Å². The van der Waals surface area contributed by atoms with Crippen molar-refractivity contribution in [1.82, 2.24) is 4.90 Å². The molecule has 0 saturated carbocycles. The van der Waals surface area contributed by atoms with Gasteiger partial charge >= 0.3 is 0 Å². The molecule has 0 N–H and O–H groups in total. The summed E-state index contributed by atoms with van der Waals surface area (Å²) in [5, 5.41) is 0.674. The third-order valence-corrected chi connectivity index (χ3v) is 3.89. The quantitative estimate of drug-likeness (QED) is 0.785. The second-order valence-corrected chi connectivity index (χ2v) is 5.33. The van der Waals surface area contributed by atoms with Gasteiger partial charge in [-0.1, -0.05) is 18.5 Å². The van der Waals surface area contributed by atoms with Crippen LogP contribution in [0, 0.1) is 0 Å². The van der Waals surface area contributed by atoms with E-state index in [-0.39, 0.29) is 5.92 Å². The first kappa shape index (κ1) is 13.4. The number of likely N-dealkylation sites (N-methyl/N-ethyl adjacent to an activating group) is 1. The van der Waals surface area contributed by atoms with Gasteiger partial charge in [-0.2, -0.15) is 0 Å². The van der Waals surface area contributed by atoms with Crippen molar-refractivity contribution >= 4 is 23.6 Å². The summed E-state index contributed by atoms with van der Waals surface area (Å²) in [7, 11) is 2.14. The first-order valence-electron chi connectivity index (χ1n) is 6.30.